The second kappa shape index (κ2) is 5.15. The zero-order chi connectivity index (χ0) is 10.5. The number of carboxylic acids is 1. The summed E-state index contributed by atoms with van der Waals surface area (Å²) in [6.45, 7) is -0.460. The van der Waals surface area contributed by atoms with E-state index in [9.17, 15) is 13.2 Å². The maximum Gasteiger partial charge on any atom is 0.318 e. The van der Waals surface area contributed by atoms with Crippen LogP contribution in [-0.4, -0.2) is 56.9 Å². The van der Waals surface area contributed by atoms with Crippen molar-refractivity contribution in [2.45, 2.75) is 0 Å². The minimum Gasteiger partial charge on any atom is -0.480 e. The predicted octanol–water partition coefficient (Wildman–Crippen LogP) is -1.02. The molecule has 0 saturated heterocycles. The van der Waals surface area contributed by atoms with E-state index >= 15 is 0 Å². The van der Waals surface area contributed by atoms with Gasteiger partial charge in [0.25, 0.3) is 0 Å². The Kier molecular flexibility index (Phi) is 4.89. The molecule has 7 heteroatoms. The molecule has 0 aromatic heterocycles. The number of hydrogen-bond acceptors (Lipinski definition) is 4. The monoisotopic (exact) mass is 211 g/mol. The average Bonchev–Trinajstić information content (AvgIpc) is 1.99. The second-order valence-electron chi connectivity index (χ2n) is 2.46. The van der Waals surface area contributed by atoms with Crippen LogP contribution in [-0.2, 0) is 19.6 Å². The normalized spacial score (nSPS) is 11.9. The number of carboxylic acid groups (broad SMARTS) is 1. The zero-order valence-electron chi connectivity index (χ0n) is 7.56. The van der Waals surface area contributed by atoms with Gasteiger partial charge in [-0.3, -0.25) is 4.79 Å². The van der Waals surface area contributed by atoms with Crippen LogP contribution in [0, 0.1) is 0 Å². The highest BCUT2D eigenvalue weighted by molar-refractivity contribution is 7.89. The van der Waals surface area contributed by atoms with Gasteiger partial charge in [-0.1, -0.05) is 0 Å². The van der Waals surface area contributed by atoms with Crippen molar-refractivity contribution in [3.8, 4) is 0 Å². The summed E-state index contributed by atoms with van der Waals surface area (Å²) in [6.07, 6.45) is 0. The smallest absolute Gasteiger partial charge is 0.318 e. The molecule has 0 aliphatic carbocycles. The van der Waals surface area contributed by atoms with Crippen molar-refractivity contribution in [1.29, 1.82) is 0 Å². The number of nitrogens with zero attached hydrogens (tertiary/aromatic N) is 1. The highest BCUT2D eigenvalue weighted by atomic mass is 32.2. The molecule has 1 N–H and O–H groups in total. The van der Waals surface area contributed by atoms with Gasteiger partial charge >= 0.3 is 5.97 Å². The average molecular weight is 211 g/mol. The van der Waals surface area contributed by atoms with Crippen molar-refractivity contribution in [2.24, 2.45) is 0 Å². The van der Waals surface area contributed by atoms with Gasteiger partial charge in [-0.2, -0.15) is 4.31 Å². The third kappa shape index (κ3) is 4.81. The number of rotatable bonds is 6. The molecular formula is C6H13NO5S. The molecule has 0 unspecified atom stereocenters. The first-order valence-electron chi connectivity index (χ1n) is 3.55. The van der Waals surface area contributed by atoms with E-state index in [1.807, 2.05) is 0 Å². The van der Waals surface area contributed by atoms with Crippen molar-refractivity contribution in [3.63, 3.8) is 0 Å². The molecule has 0 atom stereocenters. The molecule has 13 heavy (non-hydrogen) atoms. The summed E-state index contributed by atoms with van der Waals surface area (Å²) in [4.78, 5) is 10.2. The number of aliphatic carboxylic acids is 1. The molecule has 0 amide bonds. The van der Waals surface area contributed by atoms with Crippen molar-refractivity contribution < 1.29 is 23.1 Å². The lowest BCUT2D eigenvalue weighted by atomic mass is 10.7. The Morgan fingerprint density at radius 1 is 1.54 bits per heavy atom. The maximum atomic E-state index is 11.2. The summed E-state index contributed by atoms with van der Waals surface area (Å²) in [5.41, 5.74) is 0. The lowest BCUT2D eigenvalue weighted by molar-refractivity contribution is -0.137. The predicted molar refractivity (Wildman–Crippen MR) is 45.9 cm³/mol. The number of hydrogen-bond donors (Lipinski definition) is 1. The first kappa shape index (κ1) is 12.3. The van der Waals surface area contributed by atoms with Gasteiger partial charge in [0.15, 0.2) is 0 Å². The van der Waals surface area contributed by atoms with Crippen LogP contribution in [0.25, 0.3) is 0 Å². The molecule has 0 aliphatic heterocycles. The molecule has 0 fully saturated rings. The Bertz CT molecular complexity index is 260. The van der Waals surface area contributed by atoms with Gasteiger partial charge in [0.2, 0.25) is 10.0 Å². The fourth-order valence-corrected chi connectivity index (χ4v) is 1.63. The lowest BCUT2D eigenvalue weighted by Crippen LogP contribution is -2.34. The van der Waals surface area contributed by atoms with Crippen molar-refractivity contribution in [2.75, 3.05) is 33.1 Å². The fraction of sp³-hybridized carbons (Fsp3) is 0.833. The first-order valence-corrected chi connectivity index (χ1v) is 5.16. The molecule has 0 radical (unpaired) electrons. The van der Waals surface area contributed by atoms with Crippen LogP contribution < -0.4 is 0 Å². The van der Waals surface area contributed by atoms with E-state index in [1.165, 1.54) is 14.2 Å². The van der Waals surface area contributed by atoms with E-state index in [-0.39, 0.29) is 12.4 Å². The van der Waals surface area contributed by atoms with Gasteiger partial charge in [-0.05, 0) is 0 Å². The summed E-state index contributed by atoms with van der Waals surface area (Å²) in [7, 11) is -0.887. The van der Waals surface area contributed by atoms with Crippen molar-refractivity contribution in [1.82, 2.24) is 4.31 Å². The van der Waals surface area contributed by atoms with Crippen molar-refractivity contribution >= 4 is 16.0 Å². The van der Waals surface area contributed by atoms with Gasteiger partial charge in [-0.15, -0.1) is 0 Å². The number of ether oxygens (including phenoxy) is 1. The van der Waals surface area contributed by atoms with Crippen LogP contribution in [0.15, 0.2) is 0 Å². The number of carbonyl (C=O) groups is 1. The van der Waals surface area contributed by atoms with E-state index in [0.29, 0.717) is 0 Å². The van der Waals surface area contributed by atoms with E-state index in [1.54, 1.807) is 0 Å². The minimum absolute atomic E-state index is 0.0618. The molecule has 0 aromatic carbocycles. The number of likely N-dealkylation sites (N-methyl/N-ethyl adjacent to an activating group) is 1. The van der Waals surface area contributed by atoms with E-state index < -0.39 is 22.5 Å². The van der Waals surface area contributed by atoms with E-state index in [4.69, 9.17) is 5.11 Å². The van der Waals surface area contributed by atoms with Gasteiger partial charge in [-0.25, -0.2) is 8.42 Å². The molecule has 0 heterocycles. The molecular weight excluding hydrogens is 198 g/mol. The molecule has 78 valence electrons. The van der Waals surface area contributed by atoms with Crippen LogP contribution in [0.1, 0.15) is 0 Å². The molecule has 0 aromatic rings. The highest BCUT2D eigenvalue weighted by Crippen LogP contribution is 1.97. The Labute approximate surface area is 77.2 Å². The molecule has 6 nitrogen and oxygen atoms in total. The van der Waals surface area contributed by atoms with Gasteiger partial charge < -0.3 is 9.84 Å². The Morgan fingerprint density at radius 3 is 2.46 bits per heavy atom. The number of sulfonamides is 1. The van der Waals surface area contributed by atoms with Gasteiger partial charge in [0.05, 0.1) is 12.4 Å². The largest absolute Gasteiger partial charge is 0.480 e. The van der Waals surface area contributed by atoms with Crippen LogP contribution >= 0.6 is 0 Å². The third-order valence-corrected chi connectivity index (χ3v) is 3.14. The van der Waals surface area contributed by atoms with E-state index in [0.717, 1.165) is 4.31 Å². The first-order chi connectivity index (χ1) is 5.90. The fourth-order valence-electron chi connectivity index (χ4n) is 0.633. The summed E-state index contributed by atoms with van der Waals surface area (Å²) >= 11 is 0. The Morgan fingerprint density at radius 2 is 2.08 bits per heavy atom. The van der Waals surface area contributed by atoms with Gasteiger partial charge in [0.1, 0.15) is 6.54 Å². The highest BCUT2D eigenvalue weighted by Gasteiger charge is 2.19. The molecule has 0 spiro atoms. The third-order valence-electron chi connectivity index (χ3n) is 1.38. The zero-order valence-corrected chi connectivity index (χ0v) is 8.37. The standard InChI is InChI=1S/C6H13NO5S/c1-7(5-6(8)9)13(10,11)4-3-12-2/h3-5H2,1-2H3,(H,8,9). The summed E-state index contributed by atoms with van der Waals surface area (Å²) in [5, 5.41) is 8.34. The van der Waals surface area contributed by atoms with Crippen molar-refractivity contribution in [3.05, 3.63) is 0 Å². The van der Waals surface area contributed by atoms with Crippen LogP contribution in [0.2, 0.25) is 0 Å². The van der Waals surface area contributed by atoms with Crippen LogP contribution in [0.4, 0.5) is 0 Å². The lowest BCUT2D eigenvalue weighted by Gasteiger charge is -2.13. The topological polar surface area (TPSA) is 83.9 Å². The second-order valence-corrected chi connectivity index (χ2v) is 4.65. The molecule has 0 saturated carbocycles. The summed E-state index contributed by atoms with van der Waals surface area (Å²) < 4.78 is 27.8. The number of methoxy groups -OCH3 is 1. The quantitative estimate of drug-likeness (QED) is 0.608. The molecule has 0 aliphatic rings. The van der Waals surface area contributed by atoms with Crippen LogP contribution in [0.5, 0.6) is 0 Å². The SMILES string of the molecule is COCCS(=O)(=O)N(C)CC(=O)O. The van der Waals surface area contributed by atoms with Crippen LogP contribution in [0.3, 0.4) is 0 Å². The Hall–Kier alpha value is -0.660. The minimum atomic E-state index is -3.49. The van der Waals surface area contributed by atoms with E-state index in [2.05, 4.69) is 4.74 Å². The summed E-state index contributed by atoms with van der Waals surface area (Å²) in [5.74, 6) is -1.38. The van der Waals surface area contributed by atoms with Gasteiger partial charge in [0, 0.05) is 14.2 Å². The summed E-state index contributed by atoms with van der Waals surface area (Å²) in [6, 6.07) is 0. The maximum absolute atomic E-state index is 11.2. The molecule has 0 bridgehead atoms. The Balaban J connectivity index is 4.20. The molecule has 0 rings (SSSR count).